The first-order valence-electron chi connectivity index (χ1n) is 7.06. The number of rotatable bonds is 5. The Morgan fingerprint density at radius 2 is 1.83 bits per heavy atom. The summed E-state index contributed by atoms with van der Waals surface area (Å²) in [5.74, 6) is 0.684. The first-order valence-corrected chi connectivity index (χ1v) is 7.88. The van der Waals surface area contributed by atoms with E-state index in [4.69, 9.17) is 4.74 Å². The van der Waals surface area contributed by atoms with Crippen LogP contribution in [-0.2, 0) is 11.2 Å². The van der Waals surface area contributed by atoms with Crippen molar-refractivity contribution in [3.8, 4) is 16.3 Å². The zero-order valence-corrected chi connectivity index (χ0v) is 13.3. The molecule has 1 N–H and O–H groups in total. The number of carbonyl (C=O) groups excluding carboxylic acids is 1. The van der Waals surface area contributed by atoms with Crippen LogP contribution in [0.2, 0.25) is 0 Å². The van der Waals surface area contributed by atoms with Crippen LogP contribution in [0.5, 0.6) is 5.75 Å². The van der Waals surface area contributed by atoms with E-state index in [0.29, 0.717) is 11.6 Å². The molecule has 0 saturated heterocycles. The molecule has 2 aromatic carbocycles. The minimum Gasteiger partial charge on any atom is -0.497 e. The minimum absolute atomic E-state index is 0.103. The van der Waals surface area contributed by atoms with Gasteiger partial charge in [0, 0.05) is 5.56 Å². The lowest BCUT2D eigenvalue weighted by Crippen LogP contribution is -2.14. The number of aromatic nitrogens is 2. The minimum atomic E-state index is -0.103. The van der Waals surface area contributed by atoms with E-state index in [1.165, 1.54) is 11.3 Å². The fourth-order valence-electron chi connectivity index (χ4n) is 2.07. The summed E-state index contributed by atoms with van der Waals surface area (Å²) in [5, 5.41) is 12.2. The molecule has 1 heterocycles. The quantitative estimate of drug-likeness (QED) is 0.781. The van der Waals surface area contributed by atoms with E-state index < -0.39 is 0 Å². The van der Waals surface area contributed by atoms with E-state index in [0.717, 1.165) is 21.9 Å². The molecule has 116 valence electrons. The van der Waals surface area contributed by atoms with Crippen molar-refractivity contribution in [2.24, 2.45) is 0 Å². The van der Waals surface area contributed by atoms with Crippen LogP contribution in [0, 0.1) is 0 Å². The molecule has 23 heavy (non-hydrogen) atoms. The van der Waals surface area contributed by atoms with Crippen molar-refractivity contribution in [1.82, 2.24) is 10.2 Å². The first-order chi connectivity index (χ1) is 11.2. The Hall–Kier alpha value is -2.73. The van der Waals surface area contributed by atoms with Gasteiger partial charge in [-0.1, -0.05) is 41.7 Å². The van der Waals surface area contributed by atoms with E-state index in [2.05, 4.69) is 15.5 Å². The maximum Gasteiger partial charge on any atom is 0.230 e. The maximum absolute atomic E-state index is 12.0. The number of ether oxygens (including phenoxy) is 1. The molecule has 3 aromatic rings. The van der Waals surface area contributed by atoms with Crippen LogP contribution in [0.25, 0.3) is 10.6 Å². The molecule has 0 bridgehead atoms. The van der Waals surface area contributed by atoms with Gasteiger partial charge < -0.3 is 10.1 Å². The molecule has 0 aliphatic rings. The summed E-state index contributed by atoms with van der Waals surface area (Å²) >= 11 is 1.34. The Kier molecular flexibility index (Phi) is 4.63. The van der Waals surface area contributed by atoms with Crippen molar-refractivity contribution >= 4 is 22.4 Å². The van der Waals surface area contributed by atoms with Crippen molar-refractivity contribution in [2.75, 3.05) is 12.4 Å². The normalized spacial score (nSPS) is 10.3. The fourth-order valence-corrected chi connectivity index (χ4v) is 2.83. The van der Waals surface area contributed by atoms with Crippen LogP contribution in [0.1, 0.15) is 5.56 Å². The summed E-state index contributed by atoms with van der Waals surface area (Å²) in [7, 11) is 1.63. The SMILES string of the molecule is COc1ccc(-c2nnc(NC(=O)Cc3ccccc3)s2)cc1. The summed E-state index contributed by atoms with van der Waals surface area (Å²) < 4.78 is 5.13. The van der Waals surface area contributed by atoms with Crippen LogP contribution in [0.3, 0.4) is 0 Å². The summed E-state index contributed by atoms with van der Waals surface area (Å²) in [4.78, 5) is 12.0. The first kappa shape index (κ1) is 15.2. The van der Waals surface area contributed by atoms with Gasteiger partial charge in [0.25, 0.3) is 0 Å². The third kappa shape index (κ3) is 3.92. The lowest BCUT2D eigenvalue weighted by molar-refractivity contribution is -0.115. The number of amides is 1. The van der Waals surface area contributed by atoms with Crippen molar-refractivity contribution in [1.29, 1.82) is 0 Å². The third-order valence-electron chi connectivity index (χ3n) is 3.22. The van der Waals surface area contributed by atoms with Gasteiger partial charge in [0.05, 0.1) is 13.5 Å². The Labute approximate surface area is 138 Å². The lowest BCUT2D eigenvalue weighted by atomic mass is 10.1. The van der Waals surface area contributed by atoms with E-state index in [-0.39, 0.29) is 5.91 Å². The Morgan fingerprint density at radius 1 is 1.09 bits per heavy atom. The Balaban J connectivity index is 1.65. The van der Waals surface area contributed by atoms with E-state index in [9.17, 15) is 4.79 Å². The van der Waals surface area contributed by atoms with Crippen LogP contribution in [-0.4, -0.2) is 23.2 Å². The molecule has 0 aliphatic carbocycles. The van der Waals surface area contributed by atoms with E-state index in [1.807, 2.05) is 54.6 Å². The van der Waals surface area contributed by atoms with Gasteiger partial charge in [-0.2, -0.15) is 0 Å². The molecule has 0 spiro atoms. The second-order valence-corrected chi connectivity index (χ2v) is 5.83. The second-order valence-electron chi connectivity index (χ2n) is 4.85. The molecule has 5 nitrogen and oxygen atoms in total. The Bertz CT molecular complexity index is 785. The van der Waals surface area contributed by atoms with Gasteiger partial charge in [0.1, 0.15) is 10.8 Å². The molecular formula is C17H15N3O2S. The molecule has 0 aliphatic heterocycles. The topological polar surface area (TPSA) is 64.1 Å². The number of hydrogen-bond donors (Lipinski definition) is 1. The second kappa shape index (κ2) is 7.02. The summed E-state index contributed by atoms with van der Waals surface area (Å²) in [6, 6.07) is 17.1. The molecule has 1 aromatic heterocycles. The maximum atomic E-state index is 12.0. The van der Waals surface area contributed by atoms with Gasteiger partial charge in [0.2, 0.25) is 11.0 Å². The number of hydrogen-bond acceptors (Lipinski definition) is 5. The smallest absolute Gasteiger partial charge is 0.230 e. The highest BCUT2D eigenvalue weighted by atomic mass is 32.1. The molecule has 0 unspecified atom stereocenters. The highest BCUT2D eigenvalue weighted by Crippen LogP contribution is 2.27. The van der Waals surface area contributed by atoms with E-state index in [1.54, 1.807) is 7.11 Å². The lowest BCUT2D eigenvalue weighted by Gasteiger charge is -2.01. The van der Waals surface area contributed by atoms with Crippen molar-refractivity contribution in [3.63, 3.8) is 0 Å². The number of nitrogens with one attached hydrogen (secondary N) is 1. The molecule has 0 radical (unpaired) electrons. The molecule has 0 saturated carbocycles. The van der Waals surface area contributed by atoms with Gasteiger partial charge in [-0.15, -0.1) is 10.2 Å². The van der Waals surface area contributed by atoms with E-state index >= 15 is 0 Å². The number of benzene rings is 2. The number of anilines is 1. The summed E-state index contributed by atoms with van der Waals surface area (Å²) in [5.41, 5.74) is 1.90. The van der Waals surface area contributed by atoms with Crippen molar-refractivity contribution in [3.05, 3.63) is 60.2 Å². The fraction of sp³-hybridized carbons (Fsp3) is 0.118. The van der Waals surface area contributed by atoms with Gasteiger partial charge >= 0.3 is 0 Å². The predicted octanol–water partition coefficient (Wildman–Crippen LogP) is 3.39. The number of methoxy groups -OCH3 is 1. The molecule has 1 amide bonds. The monoisotopic (exact) mass is 325 g/mol. The summed E-state index contributed by atoms with van der Waals surface area (Å²) in [6.45, 7) is 0. The zero-order chi connectivity index (χ0) is 16.1. The van der Waals surface area contributed by atoms with Crippen LogP contribution < -0.4 is 10.1 Å². The third-order valence-corrected chi connectivity index (χ3v) is 4.10. The van der Waals surface area contributed by atoms with Crippen molar-refractivity contribution in [2.45, 2.75) is 6.42 Å². The highest BCUT2D eigenvalue weighted by molar-refractivity contribution is 7.18. The van der Waals surface area contributed by atoms with Crippen molar-refractivity contribution < 1.29 is 9.53 Å². The molecular weight excluding hydrogens is 310 g/mol. The largest absolute Gasteiger partial charge is 0.497 e. The Morgan fingerprint density at radius 3 is 2.52 bits per heavy atom. The molecule has 6 heteroatoms. The van der Waals surface area contributed by atoms with Crippen LogP contribution in [0.4, 0.5) is 5.13 Å². The zero-order valence-electron chi connectivity index (χ0n) is 12.5. The number of nitrogens with zero attached hydrogens (tertiary/aromatic N) is 2. The summed E-state index contributed by atoms with van der Waals surface area (Å²) in [6.07, 6.45) is 0.318. The molecule has 0 atom stereocenters. The average molecular weight is 325 g/mol. The van der Waals surface area contributed by atoms with Gasteiger partial charge in [0.15, 0.2) is 0 Å². The standard InChI is InChI=1S/C17H15N3O2S/c1-22-14-9-7-13(8-10-14)16-19-20-17(23-16)18-15(21)11-12-5-3-2-4-6-12/h2-10H,11H2,1H3,(H,18,20,21). The van der Waals surface area contributed by atoms with Gasteiger partial charge in [-0.05, 0) is 29.8 Å². The average Bonchev–Trinajstić information content (AvgIpc) is 3.04. The molecule has 3 rings (SSSR count). The van der Waals surface area contributed by atoms with Crippen LogP contribution in [0.15, 0.2) is 54.6 Å². The van der Waals surface area contributed by atoms with Gasteiger partial charge in [-0.3, -0.25) is 4.79 Å². The van der Waals surface area contributed by atoms with Crippen LogP contribution >= 0.6 is 11.3 Å². The number of carbonyl (C=O) groups is 1. The molecule has 0 fully saturated rings. The predicted molar refractivity (Wildman–Crippen MR) is 90.7 cm³/mol. The van der Waals surface area contributed by atoms with Gasteiger partial charge in [-0.25, -0.2) is 0 Å². The highest BCUT2D eigenvalue weighted by Gasteiger charge is 2.10.